The third-order valence-electron chi connectivity index (χ3n) is 5.52. The number of carbonyl (C=O) groups excluding carboxylic acids is 1. The molecule has 0 spiro atoms. The molecular weight excluding hydrogens is 356 g/mol. The van der Waals surface area contributed by atoms with E-state index < -0.39 is 6.04 Å². The minimum absolute atomic E-state index is 0.0250. The topological polar surface area (TPSA) is 41.6 Å². The molecule has 3 heterocycles. The van der Waals surface area contributed by atoms with Crippen LogP contribution in [0.15, 0.2) is 59.5 Å². The number of nitrogens with one attached hydrogen (secondary N) is 1. The molecule has 0 amide bonds. The van der Waals surface area contributed by atoms with Gasteiger partial charge in [-0.1, -0.05) is 42.5 Å². The molecule has 2 atom stereocenters. The molecule has 27 heavy (non-hydrogen) atoms. The van der Waals surface area contributed by atoms with E-state index in [1.165, 1.54) is 17.5 Å². The van der Waals surface area contributed by atoms with Crippen LogP contribution in [0.25, 0.3) is 0 Å². The van der Waals surface area contributed by atoms with E-state index in [-0.39, 0.29) is 12.1 Å². The number of piperidine rings is 3. The highest BCUT2D eigenvalue weighted by atomic mass is 32.2. The van der Waals surface area contributed by atoms with Crippen LogP contribution >= 0.6 is 11.9 Å². The summed E-state index contributed by atoms with van der Waals surface area (Å²) in [6.45, 7) is 5.23. The second kappa shape index (κ2) is 8.46. The van der Waals surface area contributed by atoms with Gasteiger partial charge in [-0.15, -0.1) is 0 Å². The average molecular weight is 383 g/mol. The Morgan fingerprint density at radius 3 is 2.59 bits per heavy atom. The van der Waals surface area contributed by atoms with Crippen molar-refractivity contribution in [2.45, 2.75) is 36.8 Å². The zero-order chi connectivity index (χ0) is 18.6. The predicted molar refractivity (Wildman–Crippen MR) is 108 cm³/mol. The Labute approximate surface area is 165 Å². The Morgan fingerprint density at radius 1 is 1.15 bits per heavy atom. The molecule has 5 heteroatoms. The van der Waals surface area contributed by atoms with Crippen molar-refractivity contribution in [1.29, 1.82) is 0 Å². The van der Waals surface area contributed by atoms with Crippen LogP contribution in [0, 0.1) is 12.8 Å². The van der Waals surface area contributed by atoms with Gasteiger partial charge in [0.1, 0.15) is 12.1 Å². The van der Waals surface area contributed by atoms with E-state index >= 15 is 0 Å². The normalized spacial score (nSPS) is 25.1. The number of hydrogen-bond acceptors (Lipinski definition) is 5. The van der Waals surface area contributed by atoms with Crippen molar-refractivity contribution in [1.82, 2.24) is 9.62 Å². The molecular formula is C22H26N2O2S. The third-order valence-corrected chi connectivity index (χ3v) is 6.36. The fraction of sp³-hybridized carbons (Fsp3) is 0.409. The zero-order valence-electron chi connectivity index (χ0n) is 15.6. The number of benzene rings is 2. The second-order valence-electron chi connectivity index (χ2n) is 7.49. The first-order valence-electron chi connectivity index (χ1n) is 9.66. The van der Waals surface area contributed by atoms with Crippen LogP contribution in [0.2, 0.25) is 0 Å². The van der Waals surface area contributed by atoms with E-state index in [0.29, 0.717) is 5.92 Å². The molecule has 3 aliphatic heterocycles. The van der Waals surface area contributed by atoms with Gasteiger partial charge in [0, 0.05) is 11.4 Å². The van der Waals surface area contributed by atoms with Gasteiger partial charge in [0.15, 0.2) is 0 Å². The van der Waals surface area contributed by atoms with Gasteiger partial charge in [0.25, 0.3) is 0 Å². The summed E-state index contributed by atoms with van der Waals surface area (Å²) in [6.07, 6.45) is 2.30. The average Bonchev–Trinajstić information content (AvgIpc) is 2.70. The maximum atomic E-state index is 13.1. The molecule has 0 saturated carbocycles. The number of carbonyl (C=O) groups is 1. The van der Waals surface area contributed by atoms with Crippen LogP contribution in [0.4, 0.5) is 0 Å². The fourth-order valence-corrected chi connectivity index (χ4v) is 4.84. The molecule has 142 valence electrons. The molecule has 2 unspecified atom stereocenters. The van der Waals surface area contributed by atoms with Gasteiger partial charge < -0.3 is 4.74 Å². The maximum absolute atomic E-state index is 13.1. The molecule has 0 radical (unpaired) electrons. The van der Waals surface area contributed by atoms with Crippen LogP contribution in [-0.2, 0) is 9.53 Å². The minimum atomic E-state index is -0.479. The van der Waals surface area contributed by atoms with E-state index in [4.69, 9.17) is 4.74 Å². The highest BCUT2D eigenvalue weighted by Crippen LogP contribution is 2.31. The molecule has 4 nitrogen and oxygen atoms in total. The van der Waals surface area contributed by atoms with Crippen LogP contribution in [0.1, 0.15) is 30.0 Å². The summed E-state index contributed by atoms with van der Waals surface area (Å²) in [5, 5.41) is 0. The first kappa shape index (κ1) is 18.5. The van der Waals surface area contributed by atoms with E-state index in [1.807, 2.05) is 42.5 Å². The number of aryl methyl sites for hydroxylation is 1. The smallest absolute Gasteiger partial charge is 0.328 e. The summed E-state index contributed by atoms with van der Waals surface area (Å²) in [7, 11) is 0. The summed E-state index contributed by atoms with van der Waals surface area (Å²) < 4.78 is 9.34. The molecule has 3 saturated heterocycles. The number of nitrogens with zero attached hydrogens (tertiary/aromatic N) is 1. The molecule has 3 fully saturated rings. The van der Waals surface area contributed by atoms with Crippen LogP contribution in [0.3, 0.4) is 0 Å². The lowest BCUT2D eigenvalue weighted by Gasteiger charge is -2.44. The second-order valence-corrected chi connectivity index (χ2v) is 8.40. The molecule has 5 rings (SSSR count). The van der Waals surface area contributed by atoms with Gasteiger partial charge in [-0.05, 0) is 74.0 Å². The zero-order valence-corrected chi connectivity index (χ0v) is 16.5. The Hall–Kier alpha value is -1.82. The van der Waals surface area contributed by atoms with Crippen molar-refractivity contribution in [3.05, 3.63) is 65.7 Å². The number of ether oxygens (including phenoxy) is 1. The Kier molecular flexibility index (Phi) is 5.81. The molecule has 3 aliphatic rings. The van der Waals surface area contributed by atoms with Gasteiger partial charge in [-0.2, -0.15) is 0 Å². The van der Waals surface area contributed by atoms with E-state index in [2.05, 4.69) is 28.7 Å². The molecule has 0 aliphatic carbocycles. The lowest BCUT2D eigenvalue weighted by Crippen LogP contribution is -2.52. The maximum Gasteiger partial charge on any atom is 0.328 e. The van der Waals surface area contributed by atoms with Crippen molar-refractivity contribution >= 4 is 17.9 Å². The fourth-order valence-electron chi connectivity index (χ4n) is 3.97. The summed E-state index contributed by atoms with van der Waals surface area (Å²) in [6, 6.07) is 17.6. The number of rotatable bonds is 6. The number of fused-ring (bicyclic) bond motifs is 3. The van der Waals surface area contributed by atoms with Crippen LogP contribution in [-0.4, -0.2) is 36.6 Å². The minimum Gasteiger partial charge on any atom is -0.459 e. The van der Waals surface area contributed by atoms with E-state index in [9.17, 15) is 4.79 Å². The molecule has 0 aromatic heterocycles. The highest BCUT2D eigenvalue weighted by molar-refractivity contribution is 7.97. The first-order valence-corrected chi connectivity index (χ1v) is 10.5. The van der Waals surface area contributed by atoms with Gasteiger partial charge in [0.05, 0.1) is 0 Å². The van der Waals surface area contributed by atoms with Crippen LogP contribution < -0.4 is 4.72 Å². The predicted octanol–water partition coefficient (Wildman–Crippen LogP) is 3.97. The lowest BCUT2D eigenvalue weighted by atomic mass is 9.86. The summed E-state index contributed by atoms with van der Waals surface area (Å²) in [5.74, 6) is 0.333. The van der Waals surface area contributed by atoms with E-state index in [1.54, 1.807) is 0 Å². The summed E-state index contributed by atoms with van der Waals surface area (Å²) in [5.41, 5.74) is 2.14. The highest BCUT2D eigenvalue weighted by Gasteiger charge is 2.37. The standard InChI is InChI=1S/C22H26N2O2S/c1-16-6-5-9-19(14-16)27-23-21(18-7-3-2-4-8-18)22(25)26-20-15-24-12-10-17(20)11-13-24/h2-9,14,17,20-21,23H,10-13,15H2,1H3. The number of esters is 1. The summed E-state index contributed by atoms with van der Waals surface area (Å²) in [4.78, 5) is 16.6. The largest absolute Gasteiger partial charge is 0.459 e. The lowest BCUT2D eigenvalue weighted by molar-refractivity contribution is -0.161. The molecule has 2 aromatic carbocycles. The third kappa shape index (κ3) is 4.54. The molecule has 2 bridgehead atoms. The Bertz CT molecular complexity index is 775. The Morgan fingerprint density at radius 2 is 1.93 bits per heavy atom. The van der Waals surface area contributed by atoms with Crippen molar-refractivity contribution in [2.75, 3.05) is 19.6 Å². The SMILES string of the molecule is Cc1cccc(SNC(C(=O)OC2CN3CCC2CC3)c2ccccc2)c1. The van der Waals surface area contributed by atoms with Gasteiger partial charge in [-0.3, -0.25) is 4.90 Å². The van der Waals surface area contributed by atoms with Gasteiger partial charge in [0.2, 0.25) is 0 Å². The molecule has 2 aromatic rings. The number of hydrogen-bond donors (Lipinski definition) is 1. The van der Waals surface area contributed by atoms with Gasteiger partial charge >= 0.3 is 5.97 Å². The quantitative estimate of drug-likeness (QED) is 0.605. The first-order chi connectivity index (χ1) is 13.2. The van der Waals surface area contributed by atoms with Crippen molar-refractivity contribution in [3.8, 4) is 0 Å². The monoisotopic (exact) mass is 382 g/mol. The van der Waals surface area contributed by atoms with Crippen molar-refractivity contribution in [2.24, 2.45) is 5.92 Å². The Balaban J connectivity index is 1.46. The van der Waals surface area contributed by atoms with E-state index in [0.717, 1.165) is 42.9 Å². The van der Waals surface area contributed by atoms with Crippen molar-refractivity contribution < 1.29 is 9.53 Å². The summed E-state index contributed by atoms with van der Waals surface area (Å²) >= 11 is 1.48. The van der Waals surface area contributed by atoms with Crippen LogP contribution in [0.5, 0.6) is 0 Å². The molecule has 1 N–H and O–H groups in total. The van der Waals surface area contributed by atoms with Crippen molar-refractivity contribution in [3.63, 3.8) is 0 Å². The van der Waals surface area contributed by atoms with Gasteiger partial charge in [-0.25, -0.2) is 9.52 Å².